The molecule has 1 fully saturated rings. The van der Waals surface area contributed by atoms with Crippen molar-refractivity contribution >= 4 is 34.2 Å². The normalized spacial score (nSPS) is 17.1. The number of aromatic amines is 1. The van der Waals surface area contributed by atoms with E-state index in [4.69, 9.17) is 0 Å². The molecule has 4 rings (SSSR count). The fourth-order valence-electron chi connectivity index (χ4n) is 3.31. The first-order valence-corrected chi connectivity index (χ1v) is 8.64. The number of amides is 2. The summed E-state index contributed by atoms with van der Waals surface area (Å²) in [5.74, 6) is -0.0157. The number of H-pyrrole nitrogens is 1. The summed E-state index contributed by atoms with van der Waals surface area (Å²) < 4.78 is 0. The van der Waals surface area contributed by atoms with Crippen molar-refractivity contribution in [3.8, 4) is 0 Å². The van der Waals surface area contributed by atoms with Gasteiger partial charge < -0.3 is 5.32 Å². The Bertz CT molecular complexity index is 1010. The van der Waals surface area contributed by atoms with Gasteiger partial charge in [0.05, 0.1) is 11.4 Å². The molecule has 0 aliphatic carbocycles. The SMILES string of the molecule is Cc1ccc(NC(=O)C2CC(=O)N(c3n[nH]c4ccccc34)C2)cc1C. The van der Waals surface area contributed by atoms with Crippen molar-refractivity contribution in [2.75, 3.05) is 16.8 Å². The zero-order valence-electron chi connectivity index (χ0n) is 14.7. The number of fused-ring (bicyclic) bond motifs is 1. The number of aryl methyl sites for hydroxylation is 2. The van der Waals surface area contributed by atoms with E-state index in [9.17, 15) is 9.59 Å². The van der Waals surface area contributed by atoms with Gasteiger partial charge in [-0.25, -0.2) is 0 Å². The Balaban J connectivity index is 1.52. The first-order valence-electron chi connectivity index (χ1n) is 8.64. The van der Waals surface area contributed by atoms with Gasteiger partial charge in [-0.2, -0.15) is 5.10 Å². The lowest BCUT2D eigenvalue weighted by Crippen LogP contribution is -2.28. The number of aromatic nitrogens is 2. The molecule has 1 aromatic heterocycles. The van der Waals surface area contributed by atoms with E-state index in [2.05, 4.69) is 15.5 Å². The highest BCUT2D eigenvalue weighted by molar-refractivity contribution is 6.06. The minimum Gasteiger partial charge on any atom is -0.326 e. The fraction of sp³-hybridized carbons (Fsp3) is 0.250. The third-order valence-corrected chi connectivity index (χ3v) is 4.98. The molecule has 1 atom stereocenters. The molecule has 2 amide bonds. The Morgan fingerprint density at radius 3 is 2.81 bits per heavy atom. The number of hydrogen-bond acceptors (Lipinski definition) is 3. The lowest BCUT2D eigenvalue weighted by molar-refractivity contribution is -0.122. The van der Waals surface area contributed by atoms with Crippen molar-refractivity contribution in [1.29, 1.82) is 0 Å². The van der Waals surface area contributed by atoms with E-state index in [-0.39, 0.29) is 24.2 Å². The largest absolute Gasteiger partial charge is 0.326 e. The summed E-state index contributed by atoms with van der Waals surface area (Å²) >= 11 is 0. The minimum absolute atomic E-state index is 0.0810. The standard InChI is InChI=1S/C20H20N4O2/c1-12-7-8-15(9-13(12)2)21-20(26)14-10-18(25)24(11-14)19-16-5-3-4-6-17(16)22-23-19/h3-9,14H,10-11H2,1-2H3,(H,21,26)(H,22,23). The van der Waals surface area contributed by atoms with Crippen molar-refractivity contribution in [2.24, 2.45) is 5.92 Å². The lowest BCUT2D eigenvalue weighted by Gasteiger charge is -2.14. The van der Waals surface area contributed by atoms with Gasteiger partial charge in [0.2, 0.25) is 11.8 Å². The Hall–Kier alpha value is -3.15. The lowest BCUT2D eigenvalue weighted by atomic mass is 10.1. The molecule has 2 N–H and O–H groups in total. The predicted octanol–water partition coefficient (Wildman–Crippen LogP) is 3.17. The maximum atomic E-state index is 12.6. The molecule has 0 bridgehead atoms. The second-order valence-electron chi connectivity index (χ2n) is 6.79. The van der Waals surface area contributed by atoms with Crippen LogP contribution in [-0.2, 0) is 9.59 Å². The van der Waals surface area contributed by atoms with Gasteiger partial charge in [0, 0.05) is 24.0 Å². The summed E-state index contributed by atoms with van der Waals surface area (Å²) in [5, 5.41) is 11.0. The van der Waals surface area contributed by atoms with Crippen molar-refractivity contribution in [2.45, 2.75) is 20.3 Å². The summed E-state index contributed by atoms with van der Waals surface area (Å²) in [4.78, 5) is 26.7. The first-order chi connectivity index (χ1) is 12.5. The van der Waals surface area contributed by atoms with E-state index in [0.717, 1.165) is 22.2 Å². The number of carbonyl (C=O) groups is 2. The van der Waals surface area contributed by atoms with Crippen LogP contribution in [0.3, 0.4) is 0 Å². The Labute approximate surface area is 151 Å². The van der Waals surface area contributed by atoms with Crippen LogP contribution >= 0.6 is 0 Å². The second-order valence-corrected chi connectivity index (χ2v) is 6.79. The molecule has 6 nitrogen and oxygen atoms in total. The average molecular weight is 348 g/mol. The monoisotopic (exact) mass is 348 g/mol. The van der Waals surface area contributed by atoms with Crippen molar-refractivity contribution in [3.63, 3.8) is 0 Å². The molecular weight excluding hydrogens is 328 g/mol. The van der Waals surface area contributed by atoms with Crippen LogP contribution < -0.4 is 10.2 Å². The van der Waals surface area contributed by atoms with Gasteiger partial charge in [0.25, 0.3) is 0 Å². The topological polar surface area (TPSA) is 78.1 Å². The number of carbonyl (C=O) groups excluding carboxylic acids is 2. The molecule has 1 aliphatic rings. The average Bonchev–Trinajstić information content (AvgIpc) is 3.21. The fourth-order valence-corrected chi connectivity index (χ4v) is 3.31. The van der Waals surface area contributed by atoms with Crippen LogP contribution in [0.4, 0.5) is 11.5 Å². The van der Waals surface area contributed by atoms with Gasteiger partial charge in [-0.1, -0.05) is 18.2 Å². The molecule has 0 radical (unpaired) electrons. The van der Waals surface area contributed by atoms with Crippen molar-refractivity contribution in [1.82, 2.24) is 10.2 Å². The van der Waals surface area contributed by atoms with Gasteiger partial charge in [-0.05, 0) is 49.2 Å². The molecule has 3 aromatic rings. The third kappa shape index (κ3) is 2.83. The Morgan fingerprint density at radius 2 is 2.00 bits per heavy atom. The molecule has 26 heavy (non-hydrogen) atoms. The molecule has 0 saturated carbocycles. The van der Waals surface area contributed by atoms with Gasteiger partial charge in [0.1, 0.15) is 0 Å². The maximum absolute atomic E-state index is 12.6. The summed E-state index contributed by atoms with van der Waals surface area (Å²) in [7, 11) is 0. The van der Waals surface area contributed by atoms with E-state index in [1.165, 1.54) is 5.56 Å². The number of nitrogens with zero attached hydrogens (tertiary/aromatic N) is 2. The number of benzene rings is 2. The van der Waals surface area contributed by atoms with Crippen LogP contribution in [0.1, 0.15) is 17.5 Å². The first kappa shape index (κ1) is 16.3. The molecular formula is C20H20N4O2. The van der Waals surface area contributed by atoms with Gasteiger partial charge in [-0.3, -0.25) is 19.6 Å². The van der Waals surface area contributed by atoms with Crippen LogP contribution in [0.25, 0.3) is 10.9 Å². The second kappa shape index (κ2) is 6.29. The van der Waals surface area contributed by atoms with Gasteiger partial charge >= 0.3 is 0 Å². The predicted molar refractivity (Wildman–Crippen MR) is 101 cm³/mol. The quantitative estimate of drug-likeness (QED) is 0.763. The summed E-state index contributed by atoms with van der Waals surface area (Å²) in [5.41, 5.74) is 3.93. The number of hydrogen-bond donors (Lipinski definition) is 2. The van der Waals surface area contributed by atoms with E-state index >= 15 is 0 Å². The summed E-state index contributed by atoms with van der Waals surface area (Å²) in [6.07, 6.45) is 0.192. The van der Waals surface area contributed by atoms with Crippen LogP contribution in [0.15, 0.2) is 42.5 Å². The zero-order valence-corrected chi connectivity index (χ0v) is 14.7. The van der Waals surface area contributed by atoms with E-state index in [1.807, 2.05) is 56.3 Å². The molecule has 1 unspecified atom stereocenters. The molecule has 6 heteroatoms. The third-order valence-electron chi connectivity index (χ3n) is 4.98. The summed E-state index contributed by atoms with van der Waals surface area (Å²) in [6, 6.07) is 13.5. The van der Waals surface area contributed by atoms with Gasteiger partial charge in [0.15, 0.2) is 5.82 Å². The van der Waals surface area contributed by atoms with E-state index in [0.29, 0.717) is 12.4 Å². The molecule has 132 valence electrons. The smallest absolute Gasteiger partial charge is 0.229 e. The molecule has 0 spiro atoms. The molecule has 1 saturated heterocycles. The number of nitrogens with one attached hydrogen (secondary N) is 2. The number of rotatable bonds is 3. The maximum Gasteiger partial charge on any atom is 0.229 e. The van der Waals surface area contributed by atoms with Crippen molar-refractivity contribution < 1.29 is 9.59 Å². The zero-order chi connectivity index (χ0) is 18.3. The number of anilines is 2. The Kier molecular flexibility index (Phi) is 3.95. The van der Waals surface area contributed by atoms with Crippen LogP contribution in [0.2, 0.25) is 0 Å². The van der Waals surface area contributed by atoms with Crippen LogP contribution in [-0.4, -0.2) is 28.6 Å². The summed E-state index contributed by atoms with van der Waals surface area (Å²) in [6.45, 7) is 4.38. The van der Waals surface area contributed by atoms with Gasteiger partial charge in [-0.15, -0.1) is 0 Å². The molecule has 2 heterocycles. The Morgan fingerprint density at radius 1 is 1.19 bits per heavy atom. The van der Waals surface area contributed by atoms with E-state index < -0.39 is 0 Å². The molecule has 2 aromatic carbocycles. The highest BCUT2D eigenvalue weighted by Gasteiger charge is 2.36. The van der Waals surface area contributed by atoms with Crippen LogP contribution in [0.5, 0.6) is 0 Å². The van der Waals surface area contributed by atoms with E-state index in [1.54, 1.807) is 4.90 Å². The minimum atomic E-state index is -0.389. The number of para-hydroxylation sites is 1. The highest BCUT2D eigenvalue weighted by Crippen LogP contribution is 2.30. The highest BCUT2D eigenvalue weighted by atomic mass is 16.2. The molecule has 1 aliphatic heterocycles. The van der Waals surface area contributed by atoms with Crippen molar-refractivity contribution in [3.05, 3.63) is 53.6 Å². The van der Waals surface area contributed by atoms with Crippen LogP contribution in [0, 0.1) is 19.8 Å².